The van der Waals surface area contributed by atoms with E-state index in [9.17, 15) is 0 Å². The van der Waals surface area contributed by atoms with Gasteiger partial charge in [0.1, 0.15) is 0 Å². The third-order valence-corrected chi connectivity index (χ3v) is 3.77. The predicted molar refractivity (Wildman–Crippen MR) is 68.1 cm³/mol. The molecule has 0 saturated heterocycles. The minimum atomic E-state index is 0.586. The molecule has 2 N–H and O–H groups in total. The first-order valence-electron chi connectivity index (χ1n) is 6.19. The van der Waals surface area contributed by atoms with Crippen molar-refractivity contribution < 1.29 is 0 Å². The first-order chi connectivity index (χ1) is 8.40. The lowest BCUT2D eigenvalue weighted by Crippen LogP contribution is -2.31. The third kappa shape index (κ3) is 1.76. The van der Waals surface area contributed by atoms with Crippen molar-refractivity contribution in [2.24, 2.45) is 11.7 Å². The van der Waals surface area contributed by atoms with Gasteiger partial charge < -0.3 is 5.73 Å². The van der Waals surface area contributed by atoms with Gasteiger partial charge >= 0.3 is 0 Å². The van der Waals surface area contributed by atoms with Gasteiger partial charge in [-0.3, -0.25) is 0 Å². The highest BCUT2D eigenvalue weighted by Gasteiger charge is 2.33. The smallest absolute Gasteiger partial charge is 0.0648 e. The highest BCUT2D eigenvalue weighted by Crippen LogP contribution is 2.42. The number of rotatable bonds is 3. The Hall–Kier alpha value is -1.61. The molecular formula is C14H17N3. The summed E-state index contributed by atoms with van der Waals surface area (Å²) in [7, 11) is 0. The van der Waals surface area contributed by atoms with E-state index >= 15 is 0 Å². The Kier molecular flexibility index (Phi) is 2.69. The van der Waals surface area contributed by atoms with Crippen LogP contribution in [0.1, 0.15) is 24.5 Å². The molecule has 1 aliphatic rings. The van der Waals surface area contributed by atoms with Crippen molar-refractivity contribution in [2.45, 2.75) is 18.8 Å². The summed E-state index contributed by atoms with van der Waals surface area (Å²) < 4.78 is 2.05. The van der Waals surface area contributed by atoms with Crippen LogP contribution >= 0.6 is 0 Å². The normalized spacial score (nSPS) is 23.4. The number of aromatic nitrogens is 2. The lowest BCUT2D eigenvalue weighted by molar-refractivity contribution is 0.255. The van der Waals surface area contributed by atoms with Gasteiger partial charge in [0.05, 0.1) is 5.69 Å². The average Bonchev–Trinajstić information content (AvgIpc) is 2.78. The fraction of sp³-hybridized carbons (Fsp3) is 0.357. The number of nitrogens with zero attached hydrogens (tertiary/aromatic N) is 2. The first-order valence-corrected chi connectivity index (χ1v) is 6.19. The lowest BCUT2D eigenvalue weighted by atomic mass is 9.72. The van der Waals surface area contributed by atoms with Gasteiger partial charge in [-0.25, -0.2) is 4.68 Å². The van der Waals surface area contributed by atoms with Gasteiger partial charge in [0.15, 0.2) is 0 Å². The number of hydrogen-bond donors (Lipinski definition) is 1. The van der Waals surface area contributed by atoms with Crippen LogP contribution in [0.4, 0.5) is 0 Å². The second-order valence-corrected chi connectivity index (χ2v) is 4.68. The van der Waals surface area contributed by atoms with Crippen molar-refractivity contribution in [3.8, 4) is 5.69 Å². The Balaban J connectivity index is 1.95. The predicted octanol–water partition coefficient (Wildman–Crippen LogP) is 2.32. The summed E-state index contributed by atoms with van der Waals surface area (Å²) in [4.78, 5) is 0. The molecule has 1 aliphatic carbocycles. The number of para-hydroxylation sites is 1. The molecule has 2 unspecified atom stereocenters. The van der Waals surface area contributed by atoms with Crippen LogP contribution in [0, 0.1) is 5.92 Å². The molecule has 3 nitrogen and oxygen atoms in total. The SMILES string of the molecule is NCC1CCC1c1ccnn1-c1ccccc1. The van der Waals surface area contributed by atoms with Gasteiger partial charge in [0.2, 0.25) is 0 Å². The molecule has 1 fully saturated rings. The fourth-order valence-electron chi connectivity index (χ4n) is 2.62. The molecule has 0 aliphatic heterocycles. The van der Waals surface area contributed by atoms with Gasteiger partial charge in [-0.05, 0) is 43.5 Å². The molecule has 0 amide bonds. The zero-order valence-corrected chi connectivity index (χ0v) is 9.79. The van der Waals surface area contributed by atoms with Gasteiger partial charge in [-0.15, -0.1) is 0 Å². The minimum Gasteiger partial charge on any atom is -0.330 e. The van der Waals surface area contributed by atoms with E-state index in [1.165, 1.54) is 18.5 Å². The highest BCUT2D eigenvalue weighted by atomic mass is 15.3. The molecule has 2 atom stereocenters. The van der Waals surface area contributed by atoms with E-state index in [0.29, 0.717) is 11.8 Å². The number of nitrogens with two attached hydrogens (primary N) is 1. The molecule has 3 rings (SSSR count). The molecule has 17 heavy (non-hydrogen) atoms. The molecule has 1 saturated carbocycles. The van der Waals surface area contributed by atoms with E-state index < -0.39 is 0 Å². The fourth-order valence-corrected chi connectivity index (χ4v) is 2.62. The zero-order chi connectivity index (χ0) is 11.7. The molecule has 0 radical (unpaired) electrons. The quantitative estimate of drug-likeness (QED) is 0.874. The Morgan fingerprint density at radius 1 is 1.18 bits per heavy atom. The van der Waals surface area contributed by atoms with E-state index in [4.69, 9.17) is 5.73 Å². The zero-order valence-electron chi connectivity index (χ0n) is 9.79. The van der Waals surface area contributed by atoms with Crippen LogP contribution < -0.4 is 5.73 Å². The summed E-state index contributed by atoms with van der Waals surface area (Å²) in [6.45, 7) is 0.782. The van der Waals surface area contributed by atoms with Crippen molar-refractivity contribution in [1.29, 1.82) is 0 Å². The molecule has 1 aromatic carbocycles. The standard InChI is InChI=1S/C14H17N3/c15-10-11-6-7-13(11)14-8-9-16-17(14)12-4-2-1-3-5-12/h1-5,8-9,11,13H,6-7,10,15H2. The molecule has 1 aromatic heterocycles. The summed E-state index contributed by atoms with van der Waals surface area (Å²) in [6, 6.07) is 12.4. The summed E-state index contributed by atoms with van der Waals surface area (Å²) in [5, 5.41) is 4.43. The Morgan fingerprint density at radius 3 is 2.65 bits per heavy atom. The van der Waals surface area contributed by atoms with E-state index in [0.717, 1.165) is 12.2 Å². The second-order valence-electron chi connectivity index (χ2n) is 4.68. The Labute approximate surface area is 101 Å². The molecule has 2 aromatic rings. The van der Waals surface area contributed by atoms with Gasteiger partial charge in [0.25, 0.3) is 0 Å². The molecule has 3 heteroatoms. The third-order valence-electron chi connectivity index (χ3n) is 3.77. The van der Waals surface area contributed by atoms with Crippen molar-refractivity contribution in [3.63, 3.8) is 0 Å². The van der Waals surface area contributed by atoms with Crippen LogP contribution in [-0.2, 0) is 0 Å². The largest absolute Gasteiger partial charge is 0.330 e. The second kappa shape index (κ2) is 4.34. The molecule has 0 bridgehead atoms. The summed E-state index contributed by atoms with van der Waals surface area (Å²) >= 11 is 0. The molecule has 0 spiro atoms. The number of hydrogen-bond acceptors (Lipinski definition) is 2. The monoisotopic (exact) mass is 227 g/mol. The maximum atomic E-state index is 5.79. The van der Waals surface area contributed by atoms with Gasteiger partial charge in [0, 0.05) is 17.8 Å². The van der Waals surface area contributed by atoms with E-state index in [1.807, 2.05) is 29.1 Å². The van der Waals surface area contributed by atoms with E-state index in [2.05, 4.69) is 23.3 Å². The van der Waals surface area contributed by atoms with Crippen LogP contribution in [-0.4, -0.2) is 16.3 Å². The van der Waals surface area contributed by atoms with Gasteiger partial charge in [-0.1, -0.05) is 18.2 Å². The summed E-state index contributed by atoms with van der Waals surface area (Å²) in [6.07, 6.45) is 4.37. The van der Waals surface area contributed by atoms with Crippen molar-refractivity contribution in [2.75, 3.05) is 6.54 Å². The van der Waals surface area contributed by atoms with Crippen LogP contribution in [0.2, 0.25) is 0 Å². The summed E-state index contributed by atoms with van der Waals surface area (Å²) in [5.74, 6) is 1.22. The summed E-state index contributed by atoms with van der Waals surface area (Å²) in [5.41, 5.74) is 8.23. The highest BCUT2D eigenvalue weighted by molar-refractivity contribution is 5.33. The topological polar surface area (TPSA) is 43.8 Å². The maximum absolute atomic E-state index is 5.79. The minimum absolute atomic E-state index is 0.586. The lowest BCUT2D eigenvalue weighted by Gasteiger charge is -2.36. The first kappa shape index (κ1) is 10.5. The van der Waals surface area contributed by atoms with Gasteiger partial charge in [-0.2, -0.15) is 5.10 Å². The van der Waals surface area contributed by atoms with E-state index in [-0.39, 0.29) is 0 Å². The van der Waals surface area contributed by atoms with E-state index in [1.54, 1.807) is 0 Å². The van der Waals surface area contributed by atoms with Crippen LogP contribution in [0.25, 0.3) is 5.69 Å². The van der Waals surface area contributed by atoms with Crippen LogP contribution in [0.5, 0.6) is 0 Å². The average molecular weight is 227 g/mol. The molecule has 88 valence electrons. The maximum Gasteiger partial charge on any atom is 0.0648 e. The van der Waals surface area contributed by atoms with Crippen LogP contribution in [0.15, 0.2) is 42.6 Å². The molecular weight excluding hydrogens is 210 g/mol. The van der Waals surface area contributed by atoms with Crippen molar-refractivity contribution in [1.82, 2.24) is 9.78 Å². The van der Waals surface area contributed by atoms with Crippen LogP contribution in [0.3, 0.4) is 0 Å². The molecule has 1 heterocycles. The van der Waals surface area contributed by atoms with Crippen molar-refractivity contribution in [3.05, 3.63) is 48.3 Å². The Morgan fingerprint density at radius 2 is 2.00 bits per heavy atom. The number of benzene rings is 1. The Bertz CT molecular complexity index is 487. The van der Waals surface area contributed by atoms with Crippen molar-refractivity contribution >= 4 is 0 Å².